The van der Waals surface area contributed by atoms with Gasteiger partial charge in [-0.3, -0.25) is 0 Å². The van der Waals surface area contributed by atoms with Crippen LogP contribution in [0.2, 0.25) is 0 Å². The van der Waals surface area contributed by atoms with Crippen molar-refractivity contribution in [2.24, 2.45) is 5.92 Å². The predicted molar refractivity (Wildman–Crippen MR) is 43.4 cm³/mol. The van der Waals surface area contributed by atoms with Gasteiger partial charge in [0.25, 0.3) is 0 Å². The molecule has 0 saturated carbocycles. The van der Waals surface area contributed by atoms with Crippen molar-refractivity contribution in [2.75, 3.05) is 0 Å². The van der Waals surface area contributed by atoms with Gasteiger partial charge in [0, 0.05) is 0 Å². The minimum atomic E-state index is 0.668. The van der Waals surface area contributed by atoms with E-state index in [1.54, 1.807) is 0 Å². The maximum absolute atomic E-state index is 2.25. The topological polar surface area (TPSA) is 0 Å². The molecule has 9 heavy (non-hydrogen) atoms. The Balaban J connectivity index is 3.84. The molecular formula is C9H16. The first kappa shape index (κ1) is 8.48. The second-order valence-electron chi connectivity index (χ2n) is 2.65. The molecule has 0 aromatic carbocycles. The van der Waals surface area contributed by atoms with E-state index in [-0.39, 0.29) is 0 Å². The van der Waals surface area contributed by atoms with Crippen LogP contribution in [0.15, 0.2) is 23.8 Å². The summed E-state index contributed by atoms with van der Waals surface area (Å²) in [5.41, 5.74) is 1.35. The van der Waals surface area contributed by atoms with Gasteiger partial charge in [-0.1, -0.05) is 37.6 Å². The number of allylic oxidation sites excluding steroid dienone is 4. The fraction of sp³-hybridized carbons (Fsp3) is 0.556. The lowest BCUT2D eigenvalue weighted by molar-refractivity contribution is 0.825. The fourth-order valence-electron chi connectivity index (χ4n) is 0.844. The first-order valence-corrected chi connectivity index (χ1v) is 3.48. The van der Waals surface area contributed by atoms with Gasteiger partial charge in [-0.15, -0.1) is 0 Å². The van der Waals surface area contributed by atoms with Crippen molar-refractivity contribution >= 4 is 0 Å². The van der Waals surface area contributed by atoms with E-state index in [1.807, 2.05) is 6.92 Å². The van der Waals surface area contributed by atoms with E-state index in [4.69, 9.17) is 0 Å². The summed E-state index contributed by atoms with van der Waals surface area (Å²) in [7, 11) is 0. The zero-order valence-electron chi connectivity index (χ0n) is 6.81. The Labute approximate surface area is 58.3 Å². The molecule has 0 heterocycles. The monoisotopic (exact) mass is 124 g/mol. The predicted octanol–water partition coefficient (Wildman–Crippen LogP) is 3.16. The second-order valence-corrected chi connectivity index (χ2v) is 2.65. The summed E-state index contributed by atoms with van der Waals surface area (Å²) in [5.74, 6) is 0.668. The van der Waals surface area contributed by atoms with Gasteiger partial charge < -0.3 is 0 Å². The Bertz CT molecular complexity index is 116. The lowest BCUT2D eigenvalue weighted by atomic mass is 10.1. The fourth-order valence-corrected chi connectivity index (χ4v) is 0.844. The summed E-state index contributed by atoms with van der Waals surface area (Å²) in [5, 5.41) is 0. The first-order valence-electron chi connectivity index (χ1n) is 3.48. The molecule has 0 aliphatic carbocycles. The molecule has 0 aliphatic rings. The first-order chi connectivity index (χ1) is 4.16. The summed E-state index contributed by atoms with van der Waals surface area (Å²) < 4.78 is 0. The molecule has 52 valence electrons. The summed E-state index contributed by atoms with van der Waals surface area (Å²) in [4.78, 5) is 0. The summed E-state index contributed by atoms with van der Waals surface area (Å²) >= 11 is 0. The summed E-state index contributed by atoms with van der Waals surface area (Å²) in [6.07, 6.45) is 6.44. The van der Waals surface area contributed by atoms with E-state index >= 15 is 0 Å². The molecule has 0 N–H and O–H groups in total. The van der Waals surface area contributed by atoms with Crippen LogP contribution in [0.3, 0.4) is 0 Å². The quantitative estimate of drug-likeness (QED) is 0.496. The molecule has 0 spiro atoms. The standard InChI is InChI=1S/C9H16/c1-5-6-9(4)7-8(2)3/h5-8H,1-4H3/b6-5-,9-7-. The summed E-state index contributed by atoms with van der Waals surface area (Å²) in [6, 6.07) is 0. The van der Waals surface area contributed by atoms with Crippen molar-refractivity contribution in [3.63, 3.8) is 0 Å². The van der Waals surface area contributed by atoms with Crippen LogP contribution in [0.1, 0.15) is 27.7 Å². The molecule has 0 aromatic rings. The van der Waals surface area contributed by atoms with Crippen molar-refractivity contribution in [3.8, 4) is 0 Å². The Hall–Kier alpha value is -0.520. The third-order valence-corrected chi connectivity index (χ3v) is 1.03. The lowest BCUT2D eigenvalue weighted by Gasteiger charge is -1.95. The van der Waals surface area contributed by atoms with Gasteiger partial charge in [0.05, 0.1) is 0 Å². The molecule has 0 nitrogen and oxygen atoms in total. The Morgan fingerprint density at radius 1 is 1.33 bits per heavy atom. The van der Waals surface area contributed by atoms with Gasteiger partial charge in [-0.05, 0) is 19.8 Å². The van der Waals surface area contributed by atoms with Crippen molar-refractivity contribution in [1.29, 1.82) is 0 Å². The smallest absolute Gasteiger partial charge is 0.0285 e. The van der Waals surface area contributed by atoms with Gasteiger partial charge in [-0.2, -0.15) is 0 Å². The Kier molecular flexibility index (Phi) is 4.12. The Morgan fingerprint density at radius 3 is 2.22 bits per heavy atom. The highest BCUT2D eigenvalue weighted by Gasteiger charge is 1.85. The molecule has 0 saturated heterocycles. The lowest BCUT2D eigenvalue weighted by Crippen LogP contribution is -1.79. The van der Waals surface area contributed by atoms with Crippen LogP contribution in [-0.2, 0) is 0 Å². The van der Waals surface area contributed by atoms with Gasteiger partial charge in [0.1, 0.15) is 0 Å². The zero-order chi connectivity index (χ0) is 7.28. The molecule has 0 rings (SSSR count). The van der Waals surface area contributed by atoms with Crippen LogP contribution >= 0.6 is 0 Å². The average molecular weight is 124 g/mol. The number of hydrogen-bond acceptors (Lipinski definition) is 0. The van der Waals surface area contributed by atoms with Gasteiger partial charge >= 0.3 is 0 Å². The van der Waals surface area contributed by atoms with Crippen molar-refractivity contribution in [2.45, 2.75) is 27.7 Å². The zero-order valence-corrected chi connectivity index (χ0v) is 6.81. The van der Waals surface area contributed by atoms with Crippen LogP contribution in [0, 0.1) is 5.92 Å². The highest BCUT2D eigenvalue weighted by molar-refractivity contribution is 5.15. The molecule has 0 atom stereocenters. The van der Waals surface area contributed by atoms with E-state index in [0.29, 0.717) is 5.92 Å². The molecule has 0 bridgehead atoms. The average Bonchev–Trinajstić information content (AvgIpc) is 1.63. The SMILES string of the molecule is C/C=C\C(C)=C/C(C)C. The minimum Gasteiger partial charge on any atom is -0.0874 e. The van der Waals surface area contributed by atoms with Crippen LogP contribution in [-0.4, -0.2) is 0 Å². The Morgan fingerprint density at radius 2 is 1.89 bits per heavy atom. The van der Waals surface area contributed by atoms with Gasteiger partial charge in [0.2, 0.25) is 0 Å². The number of hydrogen-bond donors (Lipinski definition) is 0. The van der Waals surface area contributed by atoms with Crippen LogP contribution in [0.25, 0.3) is 0 Å². The summed E-state index contributed by atoms with van der Waals surface area (Å²) in [6.45, 7) is 8.54. The van der Waals surface area contributed by atoms with E-state index < -0.39 is 0 Å². The minimum absolute atomic E-state index is 0.668. The van der Waals surface area contributed by atoms with Crippen molar-refractivity contribution in [3.05, 3.63) is 23.8 Å². The van der Waals surface area contributed by atoms with Crippen molar-refractivity contribution < 1.29 is 0 Å². The maximum Gasteiger partial charge on any atom is -0.0285 e. The van der Waals surface area contributed by atoms with Crippen LogP contribution < -0.4 is 0 Å². The largest absolute Gasteiger partial charge is 0.0874 e. The molecule has 0 aliphatic heterocycles. The molecular weight excluding hydrogens is 108 g/mol. The van der Waals surface area contributed by atoms with E-state index in [9.17, 15) is 0 Å². The molecule has 0 amide bonds. The molecule has 0 aromatic heterocycles. The van der Waals surface area contributed by atoms with Gasteiger partial charge in [-0.25, -0.2) is 0 Å². The van der Waals surface area contributed by atoms with Crippen LogP contribution in [0.4, 0.5) is 0 Å². The molecule has 0 radical (unpaired) electrons. The molecule has 0 heteroatoms. The highest BCUT2D eigenvalue weighted by Crippen LogP contribution is 2.01. The van der Waals surface area contributed by atoms with E-state index in [0.717, 1.165) is 0 Å². The third-order valence-electron chi connectivity index (χ3n) is 1.03. The normalized spacial score (nSPS) is 13.7. The van der Waals surface area contributed by atoms with Crippen LogP contribution in [0.5, 0.6) is 0 Å². The van der Waals surface area contributed by atoms with E-state index in [1.165, 1.54) is 5.57 Å². The maximum atomic E-state index is 2.25. The van der Waals surface area contributed by atoms with Crippen molar-refractivity contribution in [1.82, 2.24) is 0 Å². The molecule has 0 fully saturated rings. The third kappa shape index (κ3) is 5.35. The second kappa shape index (κ2) is 4.37. The van der Waals surface area contributed by atoms with E-state index in [2.05, 4.69) is 39.0 Å². The number of rotatable bonds is 2. The molecule has 0 unspecified atom stereocenters. The van der Waals surface area contributed by atoms with Gasteiger partial charge in [0.15, 0.2) is 0 Å². The highest BCUT2D eigenvalue weighted by atomic mass is 13.9.